The maximum Gasteiger partial charge on any atom is 0.230 e. The number of carbonyl (C=O) groups excluding carboxylic acids is 1. The van der Waals surface area contributed by atoms with Crippen molar-refractivity contribution in [3.05, 3.63) is 53.6 Å². The number of hydrogen-bond donors (Lipinski definition) is 1. The molecule has 0 spiro atoms. The summed E-state index contributed by atoms with van der Waals surface area (Å²) < 4.78 is 25.7. The molecule has 1 saturated heterocycles. The first-order chi connectivity index (χ1) is 12.5. The molecule has 0 aromatic heterocycles. The monoisotopic (exact) mass is 368 g/mol. The van der Waals surface area contributed by atoms with Gasteiger partial charge in [-0.3, -0.25) is 4.79 Å². The van der Waals surface area contributed by atoms with Gasteiger partial charge in [-0.25, -0.2) is 8.42 Å². The standard InChI is InChI=1S/C20H20N2O3S/c23-20(15-11-22(12-15)26(24,25)17-6-7-17)21-16-5-8-19-14(10-16)9-13-3-1-2-4-18(13)19/h1-5,8,10,15,17H,6-7,9,11-12H2,(H,21,23). The fourth-order valence-electron chi connectivity index (χ4n) is 3.86. The highest BCUT2D eigenvalue weighted by Gasteiger charge is 2.46. The molecule has 0 radical (unpaired) electrons. The zero-order valence-electron chi connectivity index (χ0n) is 14.3. The number of nitrogens with one attached hydrogen (secondary N) is 1. The van der Waals surface area contributed by atoms with Crippen molar-refractivity contribution in [2.24, 2.45) is 5.92 Å². The number of nitrogens with zero attached hydrogens (tertiary/aromatic N) is 1. The minimum Gasteiger partial charge on any atom is -0.326 e. The number of hydrogen-bond acceptors (Lipinski definition) is 3. The third kappa shape index (κ3) is 2.56. The van der Waals surface area contributed by atoms with Crippen molar-refractivity contribution in [3.63, 3.8) is 0 Å². The van der Waals surface area contributed by atoms with Gasteiger partial charge in [0.2, 0.25) is 15.9 Å². The molecule has 5 nitrogen and oxygen atoms in total. The summed E-state index contributed by atoms with van der Waals surface area (Å²) in [6.07, 6.45) is 2.40. The Morgan fingerprint density at radius 2 is 1.73 bits per heavy atom. The molecule has 1 aliphatic heterocycles. The van der Waals surface area contributed by atoms with Gasteiger partial charge >= 0.3 is 0 Å². The predicted octanol–water partition coefficient (Wildman–Crippen LogP) is 2.62. The Labute approximate surface area is 153 Å². The normalized spacial score (nSPS) is 19.5. The summed E-state index contributed by atoms with van der Waals surface area (Å²) in [6, 6.07) is 14.4. The van der Waals surface area contributed by atoms with Crippen LogP contribution in [0.5, 0.6) is 0 Å². The van der Waals surface area contributed by atoms with E-state index in [0.29, 0.717) is 13.1 Å². The number of anilines is 1. The molecule has 0 atom stereocenters. The van der Waals surface area contributed by atoms with Crippen molar-refractivity contribution >= 4 is 21.6 Å². The highest BCUT2D eigenvalue weighted by molar-refractivity contribution is 7.90. The first-order valence-corrected chi connectivity index (χ1v) is 10.5. The molecule has 134 valence electrons. The molecule has 0 bridgehead atoms. The van der Waals surface area contributed by atoms with Crippen LogP contribution in [0.4, 0.5) is 5.69 Å². The summed E-state index contributed by atoms with van der Waals surface area (Å²) in [5.41, 5.74) is 5.80. The van der Waals surface area contributed by atoms with E-state index in [1.165, 1.54) is 26.6 Å². The van der Waals surface area contributed by atoms with Crippen molar-refractivity contribution in [1.29, 1.82) is 0 Å². The Bertz CT molecular complexity index is 1010. The van der Waals surface area contributed by atoms with E-state index in [2.05, 4.69) is 23.5 Å². The van der Waals surface area contributed by atoms with Crippen LogP contribution in [0.1, 0.15) is 24.0 Å². The second kappa shape index (κ2) is 5.66. The lowest BCUT2D eigenvalue weighted by molar-refractivity contribution is -0.122. The van der Waals surface area contributed by atoms with E-state index in [0.717, 1.165) is 24.9 Å². The molecule has 2 aliphatic carbocycles. The minimum atomic E-state index is -3.15. The van der Waals surface area contributed by atoms with E-state index in [-0.39, 0.29) is 17.1 Å². The lowest BCUT2D eigenvalue weighted by atomic mass is 10.0. The van der Waals surface area contributed by atoms with Crippen LogP contribution in [-0.2, 0) is 21.2 Å². The van der Waals surface area contributed by atoms with Gasteiger partial charge in [-0.15, -0.1) is 0 Å². The van der Waals surface area contributed by atoms with Crippen molar-refractivity contribution in [2.45, 2.75) is 24.5 Å². The second-order valence-electron chi connectivity index (χ2n) is 7.45. The average Bonchev–Trinajstić information content (AvgIpc) is 3.35. The van der Waals surface area contributed by atoms with Gasteiger partial charge in [0.25, 0.3) is 0 Å². The van der Waals surface area contributed by atoms with Crippen LogP contribution in [0.15, 0.2) is 42.5 Å². The Morgan fingerprint density at radius 3 is 2.50 bits per heavy atom. The van der Waals surface area contributed by atoms with Crippen LogP contribution in [0.25, 0.3) is 11.1 Å². The first-order valence-electron chi connectivity index (χ1n) is 9.03. The fourth-order valence-corrected chi connectivity index (χ4v) is 5.78. The van der Waals surface area contributed by atoms with Crippen molar-refractivity contribution in [2.75, 3.05) is 18.4 Å². The number of amides is 1. The molecule has 1 amide bonds. The highest BCUT2D eigenvalue weighted by atomic mass is 32.2. The molecule has 26 heavy (non-hydrogen) atoms. The number of benzene rings is 2. The van der Waals surface area contributed by atoms with E-state index in [1.807, 2.05) is 24.3 Å². The van der Waals surface area contributed by atoms with Crippen LogP contribution in [-0.4, -0.2) is 37.0 Å². The average molecular weight is 368 g/mol. The number of sulfonamides is 1. The zero-order chi connectivity index (χ0) is 17.9. The highest BCUT2D eigenvalue weighted by Crippen LogP contribution is 2.38. The first kappa shape index (κ1) is 16.0. The summed E-state index contributed by atoms with van der Waals surface area (Å²) in [7, 11) is -3.15. The number of fused-ring (bicyclic) bond motifs is 3. The third-order valence-corrected chi connectivity index (χ3v) is 7.92. The van der Waals surface area contributed by atoms with Gasteiger partial charge < -0.3 is 5.32 Å². The van der Waals surface area contributed by atoms with Crippen LogP contribution in [0, 0.1) is 5.92 Å². The molecule has 1 N–H and O–H groups in total. The van der Waals surface area contributed by atoms with Crippen LogP contribution < -0.4 is 5.32 Å². The molecule has 5 rings (SSSR count). The van der Waals surface area contributed by atoms with Gasteiger partial charge in [-0.05, 0) is 53.6 Å². The predicted molar refractivity (Wildman–Crippen MR) is 100 cm³/mol. The molecule has 3 aliphatic rings. The minimum absolute atomic E-state index is 0.0947. The third-order valence-electron chi connectivity index (χ3n) is 5.59. The van der Waals surface area contributed by atoms with Crippen LogP contribution in [0.3, 0.4) is 0 Å². The van der Waals surface area contributed by atoms with E-state index in [1.54, 1.807) is 0 Å². The van der Waals surface area contributed by atoms with E-state index in [4.69, 9.17) is 0 Å². The Kier molecular flexibility index (Phi) is 3.49. The maximum absolute atomic E-state index is 12.4. The quantitative estimate of drug-likeness (QED) is 0.770. The number of carbonyl (C=O) groups is 1. The molecule has 2 aromatic rings. The Balaban J connectivity index is 1.25. The van der Waals surface area contributed by atoms with Crippen molar-refractivity contribution < 1.29 is 13.2 Å². The lowest BCUT2D eigenvalue weighted by Gasteiger charge is -2.37. The van der Waals surface area contributed by atoms with Crippen LogP contribution in [0.2, 0.25) is 0 Å². The largest absolute Gasteiger partial charge is 0.326 e. The Morgan fingerprint density at radius 1 is 1.00 bits per heavy atom. The molecular weight excluding hydrogens is 348 g/mol. The van der Waals surface area contributed by atoms with Gasteiger partial charge in [0, 0.05) is 18.8 Å². The fraction of sp³-hybridized carbons (Fsp3) is 0.350. The molecule has 1 heterocycles. The molecular formula is C20H20N2O3S. The van der Waals surface area contributed by atoms with E-state index < -0.39 is 10.0 Å². The van der Waals surface area contributed by atoms with Crippen LogP contribution >= 0.6 is 0 Å². The molecule has 1 saturated carbocycles. The zero-order valence-corrected chi connectivity index (χ0v) is 15.1. The molecule has 2 aromatic carbocycles. The smallest absolute Gasteiger partial charge is 0.230 e. The second-order valence-corrected chi connectivity index (χ2v) is 9.67. The van der Waals surface area contributed by atoms with Gasteiger partial charge in [-0.2, -0.15) is 4.31 Å². The summed E-state index contributed by atoms with van der Waals surface area (Å²) in [4.78, 5) is 12.4. The SMILES string of the molecule is O=C(Nc1ccc2c(c1)Cc1ccccc1-2)C1CN(S(=O)(=O)C2CC2)C1. The Hall–Kier alpha value is -2.18. The van der Waals surface area contributed by atoms with Crippen molar-refractivity contribution in [3.8, 4) is 11.1 Å². The summed E-state index contributed by atoms with van der Waals surface area (Å²) in [5, 5.41) is 2.75. The lowest BCUT2D eigenvalue weighted by Crippen LogP contribution is -2.55. The maximum atomic E-state index is 12.4. The van der Waals surface area contributed by atoms with Gasteiger partial charge in [0.15, 0.2) is 0 Å². The number of rotatable bonds is 4. The van der Waals surface area contributed by atoms with E-state index >= 15 is 0 Å². The van der Waals surface area contributed by atoms with Gasteiger partial charge in [0.1, 0.15) is 0 Å². The van der Waals surface area contributed by atoms with Crippen molar-refractivity contribution in [1.82, 2.24) is 4.31 Å². The summed E-state index contributed by atoms with van der Waals surface area (Å²) in [5.74, 6) is -0.350. The molecule has 6 heteroatoms. The topological polar surface area (TPSA) is 66.5 Å². The van der Waals surface area contributed by atoms with Gasteiger partial charge in [0.05, 0.1) is 11.2 Å². The van der Waals surface area contributed by atoms with E-state index in [9.17, 15) is 13.2 Å². The summed E-state index contributed by atoms with van der Waals surface area (Å²) >= 11 is 0. The molecule has 0 unspecified atom stereocenters. The van der Waals surface area contributed by atoms with Gasteiger partial charge in [-0.1, -0.05) is 30.3 Å². The summed E-state index contributed by atoms with van der Waals surface area (Å²) in [6.45, 7) is 0.613. The molecule has 2 fully saturated rings.